The van der Waals surface area contributed by atoms with Gasteiger partial charge in [0.05, 0.1) is 0 Å². The molecule has 0 aliphatic carbocycles. The Kier molecular flexibility index (Phi) is 2.89. The van der Waals surface area contributed by atoms with E-state index in [1.807, 2.05) is 0 Å². The zero-order chi connectivity index (χ0) is 10.2. The topological polar surface area (TPSA) is 54.4 Å². The molecule has 0 aliphatic heterocycles. The van der Waals surface area contributed by atoms with E-state index in [1.165, 1.54) is 6.07 Å². The van der Waals surface area contributed by atoms with Crippen LogP contribution < -0.4 is 0 Å². The van der Waals surface area contributed by atoms with Crippen LogP contribution in [0.3, 0.4) is 0 Å². The van der Waals surface area contributed by atoms with Gasteiger partial charge in [0.15, 0.2) is 0 Å². The Hall–Kier alpha value is -0.260. The number of aryl methyl sites for hydroxylation is 1. The Labute approximate surface area is 88.9 Å². The SMILES string of the molecule is Cc1cc(O)c(S(=O)(=O)Cl)c(Br)c1. The molecule has 0 aromatic heterocycles. The average Bonchev–Trinajstić information content (AvgIpc) is 1.78. The van der Waals surface area contributed by atoms with Crippen molar-refractivity contribution in [2.75, 3.05) is 0 Å². The summed E-state index contributed by atoms with van der Waals surface area (Å²) < 4.78 is 22.2. The van der Waals surface area contributed by atoms with Crippen LogP contribution in [0.1, 0.15) is 5.56 Å². The molecule has 3 nitrogen and oxygen atoms in total. The second kappa shape index (κ2) is 3.48. The summed E-state index contributed by atoms with van der Waals surface area (Å²) in [5.41, 5.74) is 0.744. The largest absolute Gasteiger partial charge is 0.506 e. The van der Waals surface area contributed by atoms with Crippen molar-refractivity contribution in [3.63, 3.8) is 0 Å². The summed E-state index contributed by atoms with van der Waals surface area (Å²) in [7, 11) is 1.20. The molecule has 0 aliphatic rings. The Morgan fingerprint density at radius 3 is 2.38 bits per heavy atom. The van der Waals surface area contributed by atoms with Crippen LogP contribution in [0.2, 0.25) is 0 Å². The van der Waals surface area contributed by atoms with Crippen LogP contribution in [-0.4, -0.2) is 13.5 Å². The van der Waals surface area contributed by atoms with Crippen molar-refractivity contribution in [2.45, 2.75) is 11.8 Å². The zero-order valence-electron chi connectivity index (χ0n) is 6.58. The van der Waals surface area contributed by atoms with Gasteiger partial charge in [-0.05, 0) is 40.5 Å². The van der Waals surface area contributed by atoms with E-state index in [9.17, 15) is 13.5 Å². The lowest BCUT2D eigenvalue weighted by molar-refractivity contribution is 0.458. The first kappa shape index (κ1) is 10.8. The van der Waals surface area contributed by atoms with Crippen LogP contribution in [0, 0.1) is 6.92 Å². The average molecular weight is 286 g/mol. The van der Waals surface area contributed by atoms with Gasteiger partial charge in [0.2, 0.25) is 0 Å². The summed E-state index contributed by atoms with van der Waals surface area (Å²) in [6.07, 6.45) is 0. The van der Waals surface area contributed by atoms with Crippen LogP contribution in [0.4, 0.5) is 0 Å². The van der Waals surface area contributed by atoms with Gasteiger partial charge >= 0.3 is 0 Å². The first-order valence-corrected chi connectivity index (χ1v) is 6.36. The predicted octanol–water partition coefficient (Wildman–Crippen LogP) is 2.39. The molecule has 0 unspecified atom stereocenters. The molecule has 0 atom stereocenters. The molecule has 0 saturated heterocycles. The lowest BCUT2D eigenvalue weighted by Gasteiger charge is -2.04. The van der Waals surface area contributed by atoms with E-state index in [4.69, 9.17) is 10.7 Å². The highest BCUT2D eigenvalue weighted by Gasteiger charge is 2.19. The molecule has 0 heterocycles. The van der Waals surface area contributed by atoms with Crippen molar-refractivity contribution < 1.29 is 13.5 Å². The summed E-state index contributed by atoms with van der Waals surface area (Å²) in [5, 5.41) is 9.31. The molecule has 1 aromatic rings. The molecule has 0 radical (unpaired) electrons. The molecule has 0 bridgehead atoms. The summed E-state index contributed by atoms with van der Waals surface area (Å²) in [4.78, 5) is -0.292. The highest BCUT2D eigenvalue weighted by Crippen LogP contribution is 2.34. The van der Waals surface area contributed by atoms with Crippen LogP contribution >= 0.6 is 26.6 Å². The number of aromatic hydroxyl groups is 1. The lowest BCUT2D eigenvalue weighted by atomic mass is 10.2. The van der Waals surface area contributed by atoms with E-state index >= 15 is 0 Å². The first-order chi connectivity index (χ1) is 5.82. The number of phenolic OH excluding ortho intramolecular Hbond substituents is 1. The third-order valence-corrected chi connectivity index (χ3v) is 3.68. The van der Waals surface area contributed by atoms with E-state index in [-0.39, 0.29) is 15.1 Å². The van der Waals surface area contributed by atoms with Gasteiger partial charge in [0.1, 0.15) is 10.6 Å². The minimum Gasteiger partial charge on any atom is -0.506 e. The monoisotopic (exact) mass is 284 g/mol. The normalized spacial score (nSPS) is 11.6. The molecule has 1 rings (SSSR count). The highest BCUT2D eigenvalue weighted by atomic mass is 79.9. The van der Waals surface area contributed by atoms with Gasteiger partial charge in [-0.15, -0.1) is 0 Å². The maximum atomic E-state index is 11.0. The minimum absolute atomic E-state index is 0.264. The van der Waals surface area contributed by atoms with Crippen LogP contribution in [0.25, 0.3) is 0 Å². The van der Waals surface area contributed by atoms with Crippen LogP contribution in [0.5, 0.6) is 5.75 Å². The first-order valence-electron chi connectivity index (χ1n) is 3.26. The number of benzene rings is 1. The molecule has 72 valence electrons. The molecule has 6 heteroatoms. The number of phenols is 1. The van der Waals surface area contributed by atoms with Gasteiger partial charge < -0.3 is 5.11 Å². The van der Waals surface area contributed by atoms with Gasteiger partial charge in [-0.25, -0.2) is 8.42 Å². The van der Waals surface area contributed by atoms with E-state index in [2.05, 4.69) is 15.9 Å². The Bertz CT molecular complexity index is 418. The van der Waals surface area contributed by atoms with Gasteiger partial charge in [0, 0.05) is 15.2 Å². The highest BCUT2D eigenvalue weighted by molar-refractivity contribution is 9.10. The molecule has 0 spiro atoms. The Balaban J connectivity index is 3.57. The van der Waals surface area contributed by atoms with Gasteiger partial charge in [0.25, 0.3) is 9.05 Å². The van der Waals surface area contributed by atoms with E-state index in [0.29, 0.717) is 0 Å². The fourth-order valence-electron chi connectivity index (χ4n) is 0.952. The maximum Gasteiger partial charge on any atom is 0.266 e. The molecule has 1 N–H and O–H groups in total. The maximum absolute atomic E-state index is 11.0. The number of hydrogen-bond acceptors (Lipinski definition) is 3. The quantitative estimate of drug-likeness (QED) is 0.806. The summed E-state index contributed by atoms with van der Waals surface area (Å²) in [6, 6.07) is 2.90. The second-order valence-electron chi connectivity index (χ2n) is 2.53. The summed E-state index contributed by atoms with van der Waals surface area (Å²) in [5.74, 6) is -0.345. The third-order valence-electron chi connectivity index (χ3n) is 1.41. The van der Waals surface area contributed by atoms with Crippen molar-refractivity contribution >= 4 is 35.7 Å². The molecule has 0 saturated carbocycles. The van der Waals surface area contributed by atoms with Crippen molar-refractivity contribution in [2.24, 2.45) is 0 Å². The fraction of sp³-hybridized carbons (Fsp3) is 0.143. The molecule has 1 aromatic carbocycles. The predicted molar refractivity (Wildman–Crippen MR) is 53.6 cm³/mol. The molecular weight excluding hydrogens is 279 g/mol. The Morgan fingerprint density at radius 1 is 1.46 bits per heavy atom. The summed E-state index contributed by atoms with van der Waals surface area (Å²) >= 11 is 3.01. The van der Waals surface area contributed by atoms with Crippen LogP contribution in [0.15, 0.2) is 21.5 Å². The fourth-order valence-corrected chi connectivity index (χ4v) is 3.52. The smallest absolute Gasteiger partial charge is 0.266 e. The van der Waals surface area contributed by atoms with E-state index in [1.54, 1.807) is 13.0 Å². The minimum atomic E-state index is -3.91. The summed E-state index contributed by atoms with van der Waals surface area (Å²) in [6.45, 7) is 1.73. The van der Waals surface area contributed by atoms with Gasteiger partial charge in [-0.3, -0.25) is 0 Å². The lowest BCUT2D eigenvalue weighted by Crippen LogP contribution is -1.93. The van der Waals surface area contributed by atoms with Crippen LogP contribution in [-0.2, 0) is 9.05 Å². The van der Waals surface area contributed by atoms with Crippen molar-refractivity contribution in [1.82, 2.24) is 0 Å². The third kappa shape index (κ3) is 2.36. The van der Waals surface area contributed by atoms with Crippen molar-refractivity contribution in [3.05, 3.63) is 22.2 Å². The van der Waals surface area contributed by atoms with Gasteiger partial charge in [-0.1, -0.05) is 0 Å². The molecule has 13 heavy (non-hydrogen) atoms. The second-order valence-corrected chi connectivity index (χ2v) is 5.89. The number of halogens is 2. The van der Waals surface area contributed by atoms with Crippen molar-refractivity contribution in [3.8, 4) is 5.75 Å². The zero-order valence-corrected chi connectivity index (χ0v) is 9.74. The number of hydrogen-bond donors (Lipinski definition) is 1. The molecule has 0 fully saturated rings. The Morgan fingerprint density at radius 2 is 2.00 bits per heavy atom. The standard InChI is InChI=1S/C7H6BrClO3S/c1-4-2-5(8)7(6(10)3-4)13(9,11)12/h2-3,10H,1H3. The number of rotatable bonds is 1. The molecule has 0 amide bonds. The van der Waals surface area contributed by atoms with Gasteiger partial charge in [-0.2, -0.15) is 0 Å². The van der Waals surface area contributed by atoms with E-state index < -0.39 is 9.05 Å². The molecular formula is C7H6BrClO3S. The van der Waals surface area contributed by atoms with E-state index in [0.717, 1.165) is 5.56 Å². The van der Waals surface area contributed by atoms with Crippen molar-refractivity contribution in [1.29, 1.82) is 0 Å².